The summed E-state index contributed by atoms with van der Waals surface area (Å²) >= 11 is 1.06. The van der Waals surface area contributed by atoms with Crippen molar-refractivity contribution in [1.29, 1.82) is 0 Å². The Morgan fingerprint density at radius 1 is 1.15 bits per heavy atom. The summed E-state index contributed by atoms with van der Waals surface area (Å²) in [4.78, 5) is 0. The Balaban J connectivity index is 2.30. The van der Waals surface area contributed by atoms with E-state index < -0.39 is 10.0 Å². The predicted molar refractivity (Wildman–Crippen MR) is 79.1 cm³/mol. The molecule has 0 saturated carbocycles. The molecule has 1 aromatic heterocycles. The largest absolute Gasteiger partial charge is 0.493 e. The molecular weight excluding hydrogens is 300 g/mol. The summed E-state index contributed by atoms with van der Waals surface area (Å²) in [5.41, 5.74) is 6.34. The summed E-state index contributed by atoms with van der Waals surface area (Å²) in [5.74, 6) is 0.967. The van der Waals surface area contributed by atoms with Crippen LogP contribution < -0.4 is 19.9 Å². The van der Waals surface area contributed by atoms with Crippen LogP contribution in [0.2, 0.25) is 0 Å². The van der Waals surface area contributed by atoms with Crippen LogP contribution in [0, 0.1) is 0 Å². The molecule has 1 aromatic carbocycles. The normalized spacial score (nSPS) is 11.1. The molecule has 0 aliphatic rings. The molecule has 0 aliphatic heterocycles. The van der Waals surface area contributed by atoms with Crippen LogP contribution in [0.1, 0.15) is 0 Å². The van der Waals surface area contributed by atoms with Gasteiger partial charge in [-0.1, -0.05) is 0 Å². The van der Waals surface area contributed by atoms with Crippen molar-refractivity contribution in [2.24, 2.45) is 0 Å². The molecule has 0 atom stereocenters. The molecule has 8 heteroatoms. The number of hydrogen-bond acceptors (Lipinski definition) is 6. The van der Waals surface area contributed by atoms with Gasteiger partial charge in [-0.15, -0.1) is 11.3 Å². The number of hydrogen-bond donors (Lipinski definition) is 2. The molecule has 0 saturated heterocycles. The van der Waals surface area contributed by atoms with Gasteiger partial charge in [-0.3, -0.25) is 4.72 Å². The molecule has 6 nitrogen and oxygen atoms in total. The molecule has 108 valence electrons. The summed E-state index contributed by atoms with van der Waals surface area (Å²) in [6.07, 6.45) is 0. The zero-order valence-corrected chi connectivity index (χ0v) is 12.5. The van der Waals surface area contributed by atoms with Gasteiger partial charge >= 0.3 is 0 Å². The second kappa shape index (κ2) is 5.59. The van der Waals surface area contributed by atoms with Crippen LogP contribution in [0.25, 0.3) is 0 Å². The Kier molecular flexibility index (Phi) is 4.05. The first-order chi connectivity index (χ1) is 9.46. The molecule has 0 unspecified atom stereocenters. The van der Waals surface area contributed by atoms with Crippen LogP contribution in [-0.4, -0.2) is 22.6 Å². The van der Waals surface area contributed by atoms with Gasteiger partial charge in [-0.2, -0.15) is 0 Å². The van der Waals surface area contributed by atoms with Gasteiger partial charge in [0.15, 0.2) is 11.5 Å². The minimum Gasteiger partial charge on any atom is -0.493 e. The highest BCUT2D eigenvalue weighted by Gasteiger charge is 2.17. The minimum atomic E-state index is -3.64. The summed E-state index contributed by atoms with van der Waals surface area (Å²) in [5, 5.41) is 1.57. The van der Waals surface area contributed by atoms with E-state index in [4.69, 9.17) is 15.2 Å². The van der Waals surface area contributed by atoms with Gasteiger partial charge < -0.3 is 15.2 Å². The van der Waals surface area contributed by atoms with E-state index in [-0.39, 0.29) is 4.21 Å². The second-order valence-corrected chi connectivity index (χ2v) is 6.69. The van der Waals surface area contributed by atoms with Crippen LogP contribution in [0.15, 0.2) is 33.9 Å². The van der Waals surface area contributed by atoms with Crippen molar-refractivity contribution in [2.75, 3.05) is 24.7 Å². The third-order valence-corrected chi connectivity index (χ3v) is 5.34. The van der Waals surface area contributed by atoms with E-state index in [2.05, 4.69) is 4.72 Å². The average Bonchev–Trinajstić information content (AvgIpc) is 2.85. The topological polar surface area (TPSA) is 90.7 Å². The number of nitrogens with two attached hydrogens (primary N) is 1. The van der Waals surface area contributed by atoms with E-state index in [0.717, 1.165) is 11.3 Å². The fourth-order valence-electron chi connectivity index (χ4n) is 1.58. The first kappa shape index (κ1) is 14.5. The number of thiophene rings is 1. The van der Waals surface area contributed by atoms with Gasteiger partial charge in [-0.25, -0.2) is 8.42 Å². The van der Waals surface area contributed by atoms with Crippen molar-refractivity contribution in [1.82, 2.24) is 0 Å². The highest BCUT2D eigenvalue weighted by molar-refractivity contribution is 7.94. The van der Waals surface area contributed by atoms with Crippen molar-refractivity contribution in [3.63, 3.8) is 0 Å². The molecule has 0 amide bonds. The fourth-order valence-corrected chi connectivity index (χ4v) is 3.71. The summed E-state index contributed by atoms with van der Waals surface area (Å²) in [6.45, 7) is 0. The van der Waals surface area contributed by atoms with Gasteiger partial charge in [0.05, 0.1) is 19.9 Å². The molecule has 1 heterocycles. The minimum absolute atomic E-state index is 0.157. The van der Waals surface area contributed by atoms with Crippen molar-refractivity contribution >= 4 is 32.7 Å². The Hall–Kier alpha value is -1.93. The lowest BCUT2D eigenvalue weighted by molar-refractivity contribution is 0.355. The van der Waals surface area contributed by atoms with Crippen molar-refractivity contribution in [3.8, 4) is 11.5 Å². The number of methoxy groups -OCH3 is 2. The summed E-state index contributed by atoms with van der Waals surface area (Å²) in [6, 6.07) is 6.18. The van der Waals surface area contributed by atoms with E-state index in [1.165, 1.54) is 20.3 Å². The number of anilines is 2. The van der Waals surface area contributed by atoms with Crippen molar-refractivity contribution in [3.05, 3.63) is 29.6 Å². The average molecular weight is 314 g/mol. The van der Waals surface area contributed by atoms with Gasteiger partial charge in [-0.05, 0) is 18.2 Å². The van der Waals surface area contributed by atoms with E-state index in [0.29, 0.717) is 22.9 Å². The molecule has 0 spiro atoms. The first-order valence-corrected chi connectivity index (χ1v) is 7.91. The zero-order chi connectivity index (χ0) is 14.8. The smallest absolute Gasteiger partial charge is 0.271 e. The maximum atomic E-state index is 12.1. The summed E-state index contributed by atoms with van der Waals surface area (Å²) in [7, 11) is -0.653. The maximum absolute atomic E-state index is 12.1. The van der Waals surface area contributed by atoms with Gasteiger partial charge in [0.1, 0.15) is 4.21 Å². The van der Waals surface area contributed by atoms with E-state index >= 15 is 0 Å². The van der Waals surface area contributed by atoms with Crippen molar-refractivity contribution < 1.29 is 17.9 Å². The van der Waals surface area contributed by atoms with Crippen LogP contribution in [0.4, 0.5) is 11.4 Å². The number of sulfonamides is 1. The third-order valence-electron chi connectivity index (χ3n) is 2.50. The van der Waals surface area contributed by atoms with Crippen LogP contribution >= 0.6 is 11.3 Å². The van der Waals surface area contributed by atoms with E-state index in [1.54, 1.807) is 23.6 Å². The predicted octanol–water partition coefficient (Wildman–Crippen LogP) is 2.15. The lowest BCUT2D eigenvalue weighted by Crippen LogP contribution is -2.11. The molecule has 0 radical (unpaired) electrons. The van der Waals surface area contributed by atoms with Gasteiger partial charge in [0.25, 0.3) is 10.0 Å². The molecule has 2 rings (SSSR count). The van der Waals surface area contributed by atoms with Crippen LogP contribution in [0.5, 0.6) is 11.5 Å². The third kappa shape index (κ3) is 2.97. The number of ether oxygens (including phenoxy) is 2. The lowest BCUT2D eigenvalue weighted by Gasteiger charge is -2.11. The van der Waals surface area contributed by atoms with E-state index in [1.807, 2.05) is 0 Å². The van der Waals surface area contributed by atoms with Crippen molar-refractivity contribution in [2.45, 2.75) is 4.21 Å². The van der Waals surface area contributed by atoms with Crippen LogP contribution in [-0.2, 0) is 10.0 Å². The molecule has 0 fully saturated rings. The molecule has 3 N–H and O–H groups in total. The number of nitrogens with one attached hydrogen (secondary N) is 1. The summed E-state index contributed by atoms with van der Waals surface area (Å²) < 4.78 is 37.1. The highest BCUT2D eigenvalue weighted by Crippen LogP contribution is 2.31. The Morgan fingerprint density at radius 2 is 1.85 bits per heavy atom. The maximum Gasteiger partial charge on any atom is 0.271 e. The highest BCUT2D eigenvalue weighted by atomic mass is 32.2. The number of nitrogen functional groups attached to an aromatic ring is 1. The molecule has 2 aromatic rings. The lowest BCUT2D eigenvalue weighted by atomic mass is 10.3. The zero-order valence-electron chi connectivity index (χ0n) is 10.9. The Morgan fingerprint density at radius 3 is 2.40 bits per heavy atom. The Labute approximate surface area is 121 Å². The van der Waals surface area contributed by atoms with E-state index in [9.17, 15) is 8.42 Å². The SMILES string of the molecule is COc1ccc(NS(=O)(=O)c2cc(N)cs2)cc1OC. The first-order valence-electron chi connectivity index (χ1n) is 5.55. The Bertz CT molecular complexity index is 710. The number of rotatable bonds is 5. The molecule has 0 aliphatic carbocycles. The quantitative estimate of drug-likeness (QED) is 0.882. The van der Waals surface area contributed by atoms with Crippen LogP contribution in [0.3, 0.4) is 0 Å². The molecule has 0 bridgehead atoms. The monoisotopic (exact) mass is 314 g/mol. The molecule has 20 heavy (non-hydrogen) atoms. The van der Waals surface area contributed by atoms with Gasteiger partial charge in [0, 0.05) is 17.1 Å². The fraction of sp³-hybridized carbons (Fsp3) is 0.167. The standard InChI is InChI=1S/C12H14N2O4S2/c1-17-10-4-3-9(6-11(10)18-2)14-20(15,16)12-5-8(13)7-19-12/h3-7,14H,13H2,1-2H3. The number of benzene rings is 1. The second-order valence-electron chi connectivity index (χ2n) is 3.87. The molecular formula is C12H14N2O4S2. The van der Waals surface area contributed by atoms with Gasteiger partial charge in [0.2, 0.25) is 0 Å².